The van der Waals surface area contributed by atoms with Gasteiger partial charge in [0.05, 0.1) is 47.7 Å². The Morgan fingerprint density at radius 1 is 1.08 bits per heavy atom. The number of ketones is 1. The average Bonchev–Trinajstić information content (AvgIpc) is 3.94. The number of methoxy groups -OCH3 is 1. The van der Waals surface area contributed by atoms with Crippen LogP contribution >= 0.6 is 0 Å². The molecular weight excluding hydrogens is 832 g/mol. The summed E-state index contributed by atoms with van der Waals surface area (Å²) in [5.74, 6) is -3.99. The van der Waals surface area contributed by atoms with E-state index in [1.807, 2.05) is 19.1 Å². The lowest BCUT2D eigenvalue weighted by Crippen LogP contribution is -2.48. The number of sulfonamides is 1. The molecule has 7 rings (SSSR count). The second kappa shape index (κ2) is 16.6. The van der Waals surface area contributed by atoms with Crippen molar-refractivity contribution in [1.82, 2.24) is 24.4 Å². The standard InChI is InChI=1S/C44H54F3N5O9S/c1-26-10-7-8-11-28-23-43(28,40(56)50-62(57,58)42(5)14-15-42)24-35(53)34-20-30(25-51(34)39(55)32(27(2)18-26)21-38(54)61-41(3,4)44(45,46)47)60-36-22-37(52-17-9-16-48-52)49-33-19-29(59-6)12-13-31(33)36/h8-9,11-13,16-17,19,22,26-28,30,32,34H,7,10,14-15,18,20-21,23-25H2,1-6H3,(H,50,56)/b11-8-/t26-,27-,28-,30-,32+,34?,43-/m1/s1. The number of carbonyl (C=O) groups is 4. The maximum Gasteiger partial charge on any atom is 0.427 e. The van der Waals surface area contributed by atoms with E-state index >= 15 is 4.79 Å². The number of hydrogen-bond donors (Lipinski definition) is 1. The summed E-state index contributed by atoms with van der Waals surface area (Å²) in [5.41, 5.74) is -3.72. The van der Waals surface area contributed by atoms with Crippen LogP contribution in [0.3, 0.4) is 0 Å². The topological polar surface area (TPSA) is 176 Å². The summed E-state index contributed by atoms with van der Waals surface area (Å²) < 4.78 is 88.0. The molecule has 1 saturated heterocycles. The van der Waals surface area contributed by atoms with Crippen molar-refractivity contribution in [2.75, 3.05) is 13.7 Å². The Morgan fingerprint density at radius 2 is 1.82 bits per heavy atom. The van der Waals surface area contributed by atoms with E-state index in [0.717, 1.165) is 13.8 Å². The van der Waals surface area contributed by atoms with Gasteiger partial charge in [0.25, 0.3) is 0 Å². The third-order valence-corrected chi connectivity index (χ3v) is 15.4. The number of nitrogens with one attached hydrogen (secondary N) is 1. The average molecular weight is 886 g/mol. The number of aromatic nitrogens is 3. The zero-order valence-electron chi connectivity index (χ0n) is 35.7. The van der Waals surface area contributed by atoms with E-state index in [-0.39, 0.29) is 31.7 Å². The first-order valence-electron chi connectivity index (χ1n) is 21.1. The second-order valence-electron chi connectivity index (χ2n) is 18.4. The number of amides is 2. The van der Waals surface area contributed by atoms with Crippen LogP contribution in [0.4, 0.5) is 13.2 Å². The summed E-state index contributed by atoms with van der Waals surface area (Å²) >= 11 is 0. The zero-order chi connectivity index (χ0) is 45.0. The molecule has 0 bridgehead atoms. The van der Waals surface area contributed by atoms with Crippen molar-refractivity contribution < 1.29 is 55.0 Å². The van der Waals surface area contributed by atoms with Crippen molar-refractivity contribution in [3.05, 3.63) is 54.9 Å². The SMILES string of the molecule is COc1ccc2c(O[C@@H]3CC4C(=O)C[C@]5(C(=O)NS(=O)(=O)C6(C)CC6)C[C@H]5/C=C\CC[C@@H](C)C[C@@H](C)[C@H](CC(=O)OC(C)(C)C(F)(F)F)C(=O)N4C3)cc(-n3cccn3)nc2c1. The van der Waals surface area contributed by atoms with Gasteiger partial charge in [-0.2, -0.15) is 18.3 Å². The van der Waals surface area contributed by atoms with Crippen LogP contribution in [0.15, 0.2) is 54.9 Å². The van der Waals surface area contributed by atoms with E-state index < -0.39 is 91.8 Å². The van der Waals surface area contributed by atoms with Crippen LogP contribution in [-0.4, -0.2) is 94.0 Å². The highest BCUT2D eigenvalue weighted by atomic mass is 32.2. The van der Waals surface area contributed by atoms with Crippen LogP contribution in [-0.2, 0) is 33.9 Å². The van der Waals surface area contributed by atoms with Crippen molar-refractivity contribution in [1.29, 1.82) is 0 Å². The zero-order valence-corrected chi connectivity index (χ0v) is 36.6. The Balaban J connectivity index is 1.26. The third kappa shape index (κ3) is 9.07. The molecule has 7 atom stereocenters. The lowest BCUT2D eigenvalue weighted by molar-refractivity contribution is -0.257. The van der Waals surface area contributed by atoms with Crippen molar-refractivity contribution in [2.24, 2.45) is 29.1 Å². The quantitative estimate of drug-likeness (QED) is 0.171. The van der Waals surface area contributed by atoms with Gasteiger partial charge in [0.1, 0.15) is 17.6 Å². The Morgan fingerprint density at radius 3 is 2.48 bits per heavy atom. The maximum atomic E-state index is 15.0. The molecule has 2 aliphatic heterocycles. The largest absolute Gasteiger partial charge is 0.497 e. The number of hydrogen-bond acceptors (Lipinski definition) is 11. The van der Waals surface area contributed by atoms with Gasteiger partial charge in [-0.05, 0) is 95.2 Å². The van der Waals surface area contributed by atoms with Crippen LogP contribution in [0.2, 0.25) is 0 Å². The Bertz CT molecular complexity index is 2370. The van der Waals surface area contributed by atoms with Gasteiger partial charge >= 0.3 is 12.1 Å². The number of benzene rings is 1. The normalized spacial score (nSPS) is 28.5. The minimum Gasteiger partial charge on any atom is -0.497 e. The van der Waals surface area contributed by atoms with Crippen LogP contribution < -0.4 is 14.2 Å². The predicted octanol–water partition coefficient (Wildman–Crippen LogP) is 6.64. The third-order valence-electron chi connectivity index (χ3n) is 13.2. The molecule has 3 fully saturated rings. The van der Waals surface area contributed by atoms with Crippen molar-refractivity contribution in [3.8, 4) is 17.3 Å². The van der Waals surface area contributed by atoms with E-state index in [4.69, 9.17) is 19.2 Å². The molecule has 4 heterocycles. The molecule has 2 aromatic heterocycles. The number of esters is 1. The fraction of sp³-hybridized carbons (Fsp3) is 0.591. The number of allylic oxidation sites excluding steroid dienone is 2. The summed E-state index contributed by atoms with van der Waals surface area (Å²) in [6.07, 6.45) is 2.93. The smallest absolute Gasteiger partial charge is 0.427 e. The van der Waals surface area contributed by atoms with E-state index in [0.29, 0.717) is 60.3 Å². The Kier molecular flexibility index (Phi) is 12.1. The highest BCUT2D eigenvalue weighted by molar-refractivity contribution is 7.91. The summed E-state index contributed by atoms with van der Waals surface area (Å²) in [4.78, 5) is 63.3. The number of halogens is 3. The van der Waals surface area contributed by atoms with Crippen molar-refractivity contribution >= 4 is 44.5 Å². The molecule has 2 saturated carbocycles. The van der Waals surface area contributed by atoms with Gasteiger partial charge in [-0.1, -0.05) is 26.0 Å². The van der Waals surface area contributed by atoms with Gasteiger partial charge in [-0.3, -0.25) is 23.9 Å². The molecule has 2 amide bonds. The Labute approximate surface area is 359 Å². The summed E-state index contributed by atoms with van der Waals surface area (Å²) in [7, 11) is -2.53. The summed E-state index contributed by atoms with van der Waals surface area (Å²) in [5, 5.41) is 4.90. The van der Waals surface area contributed by atoms with Crippen LogP contribution in [0.5, 0.6) is 11.5 Å². The second-order valence-corrected chi connectivity index (χ2v) is 20.6. The van der Waals surface area contributed by atoms with Crippen LogP contribution in [0, 0.1) is 29.1 Å². The number of pyridine rings is 1. The minimum atomic E-state index is -4.88. The number of ether oxygens (including phenoxy) is 3. The lowest BCUT2D eigenvalue weighted by atomic mass is 9.82. The number of Topliss-reactive ketones (excluding diaryl/α,β-unsaturated/α-hetero) is 1. The molecule has 0 radical (unpaired) electrons. The summed E-state index contributed by atoms with van der Waals surface area (Å²) in [6, 6.07) is 7.43. The summed E-state index contributed by atoms with van der Waals surface area (Å²) in [6.45, 7) is 6.63. The van der Waals surface area contributed by atoms with Gasteiger partial charge in [-0.15, -0.1) is 0 Å². The number of nitrogens with zero attached hydrogens (tertiary/aromatic N) is 4. The highest BCUT2D eigenvalue weighted by Gasteiger charge is 2.63. The van der Waals surface area contributed by atoms with Gasteiger partial charge in [-0.25, -0.2) is 18.1 Å². The number of alkyl halides is 3. The lowest BCUT2D eigenvalue weighted by Gasteiger charge is -2.33. The first-order chi connectivity index (χ1) is 29.1. The monoisotopic (exact) mass is 885 g/mol. The van der Waals surface area contributed by atoms with Crippen LogP contribution in [0.1, 0.15) is 92.4 Å². The predicted molar refractivity (Wildman–Crippen MR) is 220 cm³/mol. The molecule has 1 N–H and O–H groups in total. The van der Waals surface area contributed by atoms with Crippen molar-refractivity contribution in [2.45, 2.75) is 121 Å². The van der Waals surface area contributed by atoms with Gasteiger partial charge in [0.2, 0.25) is 27.4 Å². The highest BCUT2D eigenvalue weighted by Crippen LogP contribution is 2.58. The first kappa shape index (κ1) is 45.0. The van der Waals surface area contributed by atoms with Gasteiger partial charge in [0.15, 0.2) is 11.6 Å². The molecule has 3 aromatic rings. The molecule has 62 heavy (non-hydrogen) atoms. The van der Waals surface area contributed by atoms with Gasteiger partial charge < -0.3 is 19.1 Å². The van der Waals surface area contributed by atoms with Crippen LogP contribution in [0.25, 0.3) is 16.7 Å². The molecule has 1 aromatic carbocycles. The van der Waals surface area contributed by atoms with E-state index in [1.54, 1.807) is 61.3 Å². The molecule has 18 heteroatoms. The molecule has 1 unspecified atom stereocenters. The molecule has 0 spiro atoms. The maximum absolute atomic E-state index is 15.0. The fourth-order valence-corrected chi connectivity index (χ4v) is 10.1. The van der Waals surface area contributed by atoms with Gasteiger partial charge in [0, 0.05) is 42.8 Å². The number of fused-ring (bicyclic) bond motifs is 3. The molecule has 14 nitrogen and oxygen atoms in total. The first-order valence-corrected chi connectivity index (χ1v) is 22.6. The van der Waals surface area contributed by atoms with Crippen molar-refractivity contribution in [3.63, 3.8) is 0 Å². The van der Waals surface area contributed by atoms with E-state index in [1.165, 1.54) is 12.0 Å². The Hall–Kier alpha value is -5.00. The molecule has 336 valence electrons. The van der Waals surface area contributed by atoms with E-state index in [2.05, 4.69) is 9.82 Å². The minimum absolute atomic E-state index is 0.00377. The number of rotatable bonds is 10. The fourth-order valence-electron chi connectivity index (χ4n) is 8.74. The molecular formula is C44H54F3N5O9S. The van der Waals surface area contributed by atoms with E-state index in [9.17, 15) is 36.0 Å². The number of carbonyl (C=O) groups excluding carboxylic acids is 4. The molecule has 4 aliphatic rings. The molecule has 2 aliphatic carbocycles.